The molecule has 0 saturated heterocycles. The maximum atomic E-state index is 11.4. The van der Waals surface area contributed by atoms with Crippen LogP contribution in [0.4, 0.5) is 0 Å². The minimum absolute atomic E-state index is 0.353. The highest BCUT2D eigenvalue weighted by Crippen LogP contribution is 2.16. The number of carboxylic acid groups (broad SMARTS) is 1. The van der Waals surface area contributed by atoms with E-state index >= 15 is 0 Å². The van der Waals surface area contributed by atoms with Gasteiger partial charge < -0.3 is 5.11 Å². The highest BCUT2D eigenvalue weighted by molar-refractivity contribution is 5.89. The van der Waals surface area contributed by atoms with E-state index in [1.165, 1.54) is 0 Å². The first-order valence-corrected chi connectivity index (χ1v) is 10.1. The molecule has 0 aliphatic heterocycles. The second-order valence-electron chi connectivity index (χ2n) is 7.10. The molecule has 30 heavy (non-hydrogen) atoms. The minimum Gasteiger partial charge on any atom is -0.478 e. The number of benzene rings is 2. The van der Waals surface area contributed by atoms with E-state index in [1.54, 1.807) is 12.1 Å². The van der Waals surface area contributed by atoms with Gasteiger partial charge in [-0.2, -0.15) is 5.10 Å². The van der Waals surface area contributed by atoms with Crippen molar-refractivity contribution in [2.45, 2.75) is 39.7 Å². The molecule has 0 saturated carbocycles. The minimum atomic E-state index is -0.893. The van der Waals surface area contributed by atoms with Gasteiger partial charge in [0, 0.05) is 12.8 Å². The molecule has 154 valence electrons. The Kier molecular flexibility index (Phi) is 7.33. The van der Waals surface area contributed by atoms with Gasteiger partial charge >= 0.3 is 5.97 Å². The van der Waals surface area contributed by atoms with Crippen LogP contribution in [0.2, 0.25) is 0 Å². The molecule has 3 aromatic rings. The van der Waals surface area contributed by atoms with Gasteiger partial charge in [0.25, 0.3) is 0 Å². The molecule has 0 bridgehead atoms. The zero-order valence-electron chi connectivity index (χ0n) is 17.5. The molecule has 0 aliphatic rings. The molecular weight excluding hydrogens is 374 g/mol. The smallest absolute Gasteiger partial charge is 0.335 e. The number of rotatable bonds is 9. The van der Waals surface area contributed by atoms with Crippen LogP contribution in [0.15, 0.2) is 72.8 Å². The quantitative estimate of drug-likeness (QED) is 0.520. The first kappa shape index (κ1) is 21.2. The van der Waals surface area contributed by atoms with E-state index < -0.39 is 5.97 Å². The summed E-state index contributed by atoms with van der Waals surface area (Å²) in [6.45, 7) is 4.65. The van der Waals surface area contributed by atoms with Crippen LogP contribution in [0.25, 0.3) is 0 Å². The van der Waals surface area contributed by atoms with Gasteiger partial charge in [0.1, 0.15) is 5.82 Å². The van der Waals surface area contributed by atoms with Crippen LogP contribution in [-0.4, -0.2) is 25.8 Å². The van der Waals surface area contributed by atoms with Crippen molar-refractivity contribution in [3.8, 4) is 0 Å². The summed E-state index contributed by atoms with van der Waals surface area (Å²) in [5.74, 6) is 0.886. The van der Waals surface area contributed by atoms with Crippen molar-refractivity contribution in [2.75, 3.05) is 0 Å². The largest absolute Gasteiger partial charge is 0.478 e. The number of hydrogen-bond donors (Lipinski definition) is 1. The third kappa shape index (κ3) is 5.54. The molecule has 5 nitrogen and oxygen atoms in total. The van der Waals surface area contributed by atoms with E-state index in [2.05, 4.69) is 46.5 Å². The summed E-state index contributed by atoms with van der Waals surface area (Å²) in [4.78, 5) is 16.1. The maximum absolute atomic E-state index is 11.4. The number of carboxylic acids is 1. The van der Waals surface area contributed by atoms with E-state index in [1.807, 2.05) is 42.8 Å². The molecule has 0 radical (unpaired) electrons. The predicted molar refractivity (Wildman–Crippen MR) is 119 cm³/mol. The zero-order valence-corrected chi connectivity index (χ0v) is 17.5. The summed E-state index contributed by atoms with van der Waals surface area (Å²) in [6, 6.07) is 15.4. The van der Waals surface area contributed by atoms with Gasteiger partial charge in [-0.3, -0.25) is 0 Å². The van der Waals surface area contributed by atoms with Crippen LogP contribution in [0.3, 0.4) is 0 Å². The van der Waals surface area contributed by atoms with Gasteiger partial charge in [-0.1, -0.05) is 66.8 Å². The van der Waals surface area contributed by atoms with Crippen LogP contribution >= 0.6 is 0 Å². The summed E-state index contributed by atoms with van der Waals surface area (Å²) in [5, 5.41) is 14.0. The van der Waals surface area contributed by atoms with Gasteiger partial charge in [-0.25, -0.2) is 14.5 Å². The van der Waals surface area contributed by atoms with Gasteiger partial charge in [-0.05, 0) is 43.0 Å². The lowest BCUT2D eigenvalue weighted by atomic mass is 9.99. The predicted octanol–water partition coefficient (Wildman–Crippen LogP) is 4.85. The van der Waals surface area contributed by atoms with Crippen molar-refractivity contribution in [2.24, 2.45) is 0 Å². The lowest BCUT2D eigenvalue weighted by Gasteiger charge is -2.08. The Labute approximate surface area is 177 Å². The summed E-state index contributed by atoms with van der Waals surface area (Å²) >= 11 is 0. The van der Waals surface area contributed by atoms with Gasteiger partial charge in [0.15, 0.2) is 5.82 Å². The Hall–Kier alpha value is -3.47. The highest BCUT2D eigenvalue weighted by atomic mass is 16.4. The van der Waals surface area contributed by atoms with Crippen molar-refractivity contribution in [3.05, 3.63) is 107 Å². The number of allylic oxidation sites excluding steroid dienone is 4. The standard InChI is InChI=1S/C25H27N3O2/c1-3-5-11-23-26-24(12-6-4-2)28(27-23)18-20-15-13-19(14-16-20)17-21-9-7-8-10-22(21)25(29)30/h3-10,13-16H,11-12,17-18H2,1-2H3,(H,29,30). The third-order valence-electron chi connectivity index (χ3n) is 4.86. The SMILES string of the molecule is CC=CCc1nc(CC=CC)n(Cc2ccc(Cc3ccccc3C(=O)O)cc2)n1. The molecule has 1 heterocycles. The first-order chi connectivity index (χ1) is 14.6. The highest BCUT2D eigenvalue weighted by Gasteiger charge is 2.11. The lowest BCUT2D eigenvalue weighted by Crippen LogP contribution is -2.07. The second kappa shape index (κ2) is 10.3. The number of aromatic carboxylic acids is 1. The number of nitrogens with zero attached hydrogens (tertiary/aromatic N) is 3. The van der Waals surface area contributed by atoms with Crippen LogP contribution in [0.5, 0.6) is 0 Å². The third-order valence-corrected chi connectivity index (χ3v) is 4.86. The Morgan fingerprint density at radius 3 is 2.33 bits per heavy atom. The van der Waals surface area contributed by atoms with E-state index in [4.69, 9.17) is 0 Å². The van der Waals surface area contributed by atoms with Crippen molar-refractivity contribution in [1.29, 1.82) is 0 Å². The molecule has 1 N–H and O–H groups in total. The van der Waals surface area contributed by atoms with Gasteiger partial charge in [0.2, 0.25) is 0 Å². The number of aromatic nitrogens is 3. The Bertz CT molecular complexity index is 1050. The van der Waals surface area contributed by atoms with Gasteiger partial charge in [0.05, 0.1) is 12.1 Å². The fourth-order valence-electron chi connectivity index (χ4n) is 3.28. The maximum Gasteiger partial charge on any atom is 0.335 e. The zero-order chi connectivity index (χ0) is 21.3. The molecule has 0 spiro atoms. The average Bonchev–Trinajstić information content (AvgIpc) is 3.13. The Morgan fingerprint density at radius 2 is 1.63 bits per heavy atom. The molecule has 1 aromatic heterocycles. The Morgan fingerprint density at radius 1 is 0.967 bits per heavy atom. The van der Waals surface area contributed by atoms with Crippen molar-refractivity contribution < 1.29 is 9.90 Å². The van der Waals surface area contributed by atoms with Crippen LogP contribution in [0, 0.1) is 0 Å². The Balaban J connectivity index is 1.76. The molecule has 3 rings (SSSR count). The summed E-state index contributed by atoms with van der Waals surface area (Å²) < 4.78 is 1.97. The second-order valence-corrected chi connectivity index (χ2v) is 7.10. The molecule has 0 fully saturated rings. The van der Waals surface area contributed by atoms with E-state index in [0.717, 1.165) is 41.2 Å². The molecule has 2 aromatic carbocycles. The van der Waals surface area contributed by atoms with Crippen molar-refractivity contribution >= 4 is 5.97 Å². The topological polar surface area (TPSA) is 68.0 Å². The monoisotopic (exact) mass is 401 g/mol. The normalized spacial score (nSPS) is 11.5. The number of hydrogen-bond acceptors (Lipinski definition) is 3. The average molecular weight is 402 g/mol. The van der Waals surface area contributed by atoms with Crippen LogP contribution in [0.1, 0.15) is 52.5 Å². The molecular formula is C25H27N3O2. The molecule has 0 atom stereocenters. The van der Waals surface area contributed by atoms with E-state index in [9.17, 15) is 9.90 Å². The molecule has 5 heteroatoms. The van der Waals surface area contributed by atoms with Crippen molar-refractivity contribution in [3.63, 3.8) is 0 Å². The fraction of sp³-hybridized carbons (Fsp3) is 0.240. The summed E-state index contributed by atoms with van der Waals surface area (Å²) in [6.07, 6.45) is 10.2. The first-order valence-electron chi connectivity index (χ1n) is 10.1. The molecule has 0 aliphatic carbocycles. The van der Waals surface area contributed by atoms with Crippen LogP contribution < -0.4 is 0 Å². The summed E-state index contributed by atoms with van der Waals surface area (Å²) in [5.41, 5.74) is 3.38. The van der Waals surface area contributed by atoms with E-state index in [-0.39, 0.29) is 0 Å². The van der Waals surface area contributed by atoms with Crippen LogP contribution in [-0.2, 0) is 25.8 Å². The lowest BCUT2D eigenvalue weighted by molar-refractivity contribution is 0.0696. The number of carbonyl (C=O) groups is 1. The molecule has 0 unspecified atom stereocenters. The van der Waals surface area contributed by atoms with Gasteiger partial charge in [-0.15, -0.1) is 0 Å². The fourth-order valence-corrected chi connectivity index (χ4v) is 3.28. The molecule has 0 amide bonds. The summed E-state index contributed by atoms with van der Waals surface area (Å²) in [7, 11) is 0. The van der Waals surface area contributed by atoms with Crippen molar-refractivity contribution in [1.82, 2.24) is 14.8 Å². The van der Waals surface area contributed by atoms with E-state index in [0.29, 0.717) is 18.5 Å².